The Morgan fingerprint density at radius 2 is 1.91 bits per heavy atom. The standard InChI is InChI=1S/C20H24N4O7S/c1-30-18-10-16(17(24(26)27)11-19(18)31-2)20(25)22-12-14-5-8-23(9-6-14)32(28,29)15-4-3-7-21-13-15/h3-4,7,10-11,13-14H,5-6,8-9,12H2,1-2H3,(H,22,25). The average molecular weight is 465 g/mol. The number of pyridine rings is 1. The van der Waals surface area contributed by atoms with E-state index in [0.717, 1.165) is 6.07 Å². The van der Waals surface area contributed by atoms with Crippen molar-refractivity contribution in [3.63, 3.8) is 0 Å². The van der Waals surface area contributed by atoms with Crippen LogP contribution in [0.15, 0.2) is 41.6 Å². The number of ether oxygens (including phenoxy) is 2. The average Bonchev–Trinajstić information content (AvgIpc) is 2.82. The second kappa shape index (κ2) is 9.92. The van der Waals surface area contributed by atoms with Gasteiger partial charge in [-0.3, -0.25) is 19.9 Å². The van der Waals surface area contributed by atoms with Gasteiger partial charge in [0.1, 0.15) is 10.5 Å². The number of aromatic nitrogens is 1. The molecule has 1 aliphatic rings. The van der Waals surface area contributed by atoms with Crippen molar-refractivity contribution < 1.29 is 27.6 Å². The third kappa shape index (κ3) is 4.97. The number of nitro benzene ring substituents is 1. The maximum atomic E-state index is 12.7. The van der Waals surface area contributed by atoms with Crippen LogP contribution in [0.2, 0.25) is 0 Å². The van der Waals surface area contributed by atoms with Crippen molar-refractivity contribution in [3.05, 3.63) is 52.3 Å². The van der Waals surface area contributed by atoms with E-state index in [9.17, 15) is 23.3 Å². The summed E-state index contributed by atoms with van der Waals surface area (Å²) in [6.07, 6.45) is 3.93. The van der Waals surface area contributed by atoms with Gasteiger partial charge in [0.15, 0.2) is 11.5 Å². The molecule has 2 heterocycles. The van der Waals surface area contributed by atoms with Crippen LogP contribution in [0.4, 0.5) is 5.69 Å². The van der Waals surface area contributed by atoms with E-state index in [1.54, 1.807) is 6.07 Å². The molecular weight excluding hydrogens is 440 g/mol. The fourth-order valence-electron chi connectivity index (χ4n) is 3.54. The molecule has 3 rings (SSSR count). The number of carbonyl (C=O) groups is 1. The lowest BCUT2D eigenvalue weighted by Gasteiger charge is -2.31. The predicted molar refractivity (Wildman–Crippen MR) is 114 cm³/mol. The summed E-state index contributed by atoms with van der Waals surface area (Å²) in [5.74, 6) is -0.211. The number of sulfonamides is 1. The number of methoxy groups -OCH3 is 2. The first-order valence-corrected chi connectivity index (χ1v) is 11.3. The number of amides is 1. The molecule has 1 amide bonds. The van der Waals surface area contributed by atoms with E-state index in [1.165, 1.54) is 43.1 Å². The van der Waals surface area contributed by atoms with Gasteiger partial charge in [0.2, 0.25) is 10.0 Å². The van der Waals surface area contributed by atoms with Gasteiger partial charge < -0.3 is 14.8 Å². The molecule has 1 N–H and O–H groups in total. The van der Waals surface area contributed by atoms with Gasteiger partial charge in [-0.25, -0.2) is 8.42 Å². The Bertz CT molecular complexity index is 1080. The lowest BCUT2D eigenvalue weighted by molar-refractivity contribution is -0.385. The highest BCUT2D eigenvalue weighted by Gasteiger charge is 2.30. The number of nitro groups is 1. The zero-order valence-corrected chi connectivity index (χ0v) is 18.5. The number of nitrogens with zero attached hydrogens (tertiary/aromatic N) is 3. The van der Waals surface area contributed by atoms with E-state index in [0.29, 0.717) is 25.9 Å². The Labute approximate surface area is 185 Å². The molecule has 11 nitrogen and oxygen atoms in total. The summed E-state index contributed by atoms with van der Waals surface area (Å²) < 4.78 is 37.0. The number of hydrogen-bond donors (Lipinski definition) is 1. The van der Waals surface area contributed by atoms with E-state index < -0.39 is 26.5 Å². The number of hydrogen-bond acceptors (Lipinski definition) is 8. The van der Waals surface area contributed by atoms with Gasteiger partial charge in [-0.2, -0.15) is 4.31 Å². The largest absolute Gasteiger partial charge is 0.493 e. The van der Waals surface area contributed by atoms with Gasteiger partial charge in [-0.05, 0) is 30.9 Å². The van der Waals surface area contributed by atoms with E-state index >= 15 is 0 Å². The molecule has 1 aromatic carbocycles. The Hall–Kier alpha value is -3.25. The van der Waals surface area contributed by atoms with Crippen LogP contribution in [-0.4, -0.2) is 62.4 Å². The van der Waals surface area contributed by atoms with Crippen LogP contribution in [-0.2, 0) is 10.0 Å². The van der Waals surface area contributed by atoms with Gasteiger partial charge in [-0.15, -0.1) is 0 Å². The van der Waals surface area contributed by atoms with Gasteiger partial charge in [-0.1, -0.05) is 0 Å². The van der Waals surface area contributed by atoms with Crippen molar-refractivity contribution in [1.82, 2.24) is 14.6 Å². The molecule has 1 fully saturated rings. The van der Waals surface area contributed by atoms with Crippen LogP contribution in [0.1, 0.15) is 23.2 Å². The highest BCUT2D eigenvalue weighted by Crippen LogP contribution is 2.34. The smallest absolute Gasteiger partial charge is 0.286 e. The minimum absolute atomic E-state index is 0.0403. The molecule has 0 radical (unpaired) electrons. The van der Waals surface area contributed by atoms with Gasteiger partial charge >= 0.3 is 0 Å². The first kappa shape index (κ1) is 23.4. The summed E-state index contributed by atoms with van der Waals surface area (Å²) in [7, 11) is -0.883. The Balaban J connectivity index is 1.63. The molecule has 0 atom stereocenters. The van der Waals surface area contributed by atoms with E-state index in [2.05, 4.69) is 10.3 Å². The number of nitrogens with one attached hydrogen (secondary N) is 1. The second-order valence-electron chi connectivity index (χ2n) is 7.23. The summed E-state index contributed by atoms with van der Waals surface area (Å²) in [5.41, 5.74) is -0.526. The fraction of sp³-hybridized carbons (Fsp3) is 0.400. The van der Waals surface area contributed by atoms with Crippen molar-refractivity contribution >= 4 is 21.6 Å². The molecule has 1 aromatic heterocycles. The van der Waals surface area contributed by atoms with Crippen LogP contribution in [0.25, 0.3) is 0 Å². The molecule has 12 heteroatoms. The zero-order valence-electron chi connectivity index (χ0n) is 17.7. The van der Waals surface area contributed by atoms with Crippen LogP contribution in [0.5, 0.6) is 11.5 Å². The first-order valence-electron chi connectivity index (χ1n) is 9.86. The Kier molecular flexibility index (Phi) is 7.26. The number of piperidine rings is 1. The molecule has 0 aliphatic carbocycles. The maximum Gasteiger partial charge on any atom is 0.286 e. The van der Waals surface area contributed by atoms with E-state index in [1.807, 2.05) is 0 Å². The summed E-state index contributed by atoms with van der Waals surface area (Å²) in [5, 5.41) is 14.1. The molecule has 172 valence electrons. The Morgan fingerprint density at radius 3 is 2.47 bits per heavy atom. The molecule has 0 bridgehead atoms. The zero-order chi connectivity index (χ0) is 23.3. The first-order chi connectivity index (χ1) is 15.3. The predicted octanol–water partition coefficient (Wildman–Crippen LogP) is 1.84. The van der Waals surface area contributed by atoms with E-state index in [4.69, 9.17) is 9.47 Å². The van der Waals surface area contributed by atoms with Crippen molar-refractivity contribution in [3.8, 4) is 11.5 Å². The molecule has 0 unspecified atom stereocenters. The normalized spacial score (nSPS) is 15.2. The SMILES string of the molecule is COc1cc(C(=O)NCC2CCN(S(=O)(=O)c3cccnc3)CC2)c([N+](=O)[O-])cc1OC. The molecule has 32 heavy (non-hydrogen) atoms. The third-order valence-electron chi connectivity index (χ3n) is 5.34. The summed E-state index contributed by atoms with van der Waals surface area (Å²) in [4.78, 5) is 27.4. The molecule has 2 aromatic rings. The lowest BCUT2D eigenvalue weighted by atomic mass is 9.98. The van der Waals surface area contributed by atoms with Gasteiger partial charge in [0, 0.05) is 38.1 Å². The molecule has 0 saturated carbocycles. The van der Waals surface area contributed by atoms with Gasteiger partial charge in [0.25, 0.3) is 11.6 Å². The van der Waals surface area contributed by atoms with Crippen LogP contribution in [0, 0.1) is 16.0 Å². The number of carbonyl (C=O) groups excluding carboxylic acids is 1. The van der Waals surface area contributed by atoms with Crippen LogP contribution >= 0.6 is 0 Å². The van der Waals surface area contributed by atoms with E-state index in [-0.39, 0.29) is 34.4 Å². The Morgan fingerprint density at radius 1 is 1.25 bits per heavy atom. The van der Waals surface area contributed by atoms with Crippen LogP contribution in [0.3, 0.4) is 0 Å². The highest BCUT2D eigenvalue weighted by molar-refractivity contribution is 7.89. The van der Waals surface area contributed by atoms with Crippen molar-refractivity contribution in [1.29, 1.82) is 0 Å². The lowest BCUT2D eigenvalue weighted by Crippen LogP contribution is -2.41. The number of rotatable bonds is 8. The molecule has 1 aliphatic heterocycles. The highest BCUT2D eigenvalue weighted by atomic mass is 32.2. The molecule has 1 saturated heterocycles. The molecular formula is C20H24N4O7S. The summed E-state index contributed by atoms with van der Waals surface area (Å²) in [6.45, 7) is 0.896. The monoisotopic (exact) mass is 464 g/mol. The fourth-order valence-corrected chi connectivity index (χ4v) is 4.97. The van der Waals surface area contributed by atoms with Gasteiger partial charge in [0.05, 0.1) is 25.2 Å². The third-order valence-corrected chi connectivity index (χ3v) is 7.22. The quantitative estimate of drug-likeness (QED) is 0.461. The van der Waals surface area contributed by atoms with Crippen molar-refractivity contribution in [2.75, 3.05) is 33.9 Å². The second-order valence-corrected chi connectivity index (χ2v) is 9.17. The maximum absolute atomic E-state index is 12.7. The summed E-state index contributed by atoms with van der Waals surface area (Å²) >= 11 is 0. The number of benzene rings is 1. The molecule has 0 spiro atoms. The van der Waals surface area contributed by atoms with Crippen LogP contribution < -0.4 is 14.8 Å². The van der Waals surface area contributed by atoms with Crippen molar-refractivity contribution in [2.24, 2.45) is 5.92 Å². The van der Waals surface area contributed by atoms with Crippen molar-refractivity contribution in [2.45, 2.75) is 17.7 Å². The summed E-state index contributed by atoms with van der Waals surface area (Å²) in [6, 6.07) is 5.50. The minimum Gasteiger partial charge on any atom is -0.493 e. The topological polar surface area (TPSA) is 141 Å². The minimum atomic E-state index is -3.61.